The van der Waals surface area contributed by atoms with Crippen molar-refractivity contribution in [1.29, 1.82) is 0 Å². The highest BCUT2D eigenvalue weighted by molar-refractivity contribution is 5.79. The first-order chi connectivity index (χ1) is 12.3. The number of nitrogens with one attached hydrogen (secondary N) is 2. The summed E-state index contributed by atoms with van der Waals surface area (Å²) in [4.78, 5) is 4.67. The fraction of sp³-hybridized carbons (Fsp3) is 0.632. The number of hydrogen-bond acceptors (Lipinski definition) is 4. The summed E-state index contributed by atoms with van der Waals surface area (Å²) in [5, 5.41) is 6.50. The van der Waals surface area contributed by atoms with Crippen LogP contribution in [0.4, 0.5) is 0 Å². The molecule has 0 aliphatic heterocycles. The van der Waals surface area contributed by atoms with E-state index >= 15 is 0 Å². The molecule has 1 aromatic rings. The number of nitrogens with zero attached hydrogens (tertiary/aromatic N) is 1. The number of para-hydroxylation sites is 1. The maximum absolute atomic E-state index is 6.26. The van der Waals surface area contributed by atoms with Crippen LogP contribution in [0.1, 0.15) is 38.2 Å². The lowest BCUT2D eigenvalue weighted by molar-refractivity contribution is 0.198. The van der Waals surface area contributed by atoms with E-state index in [2.05, 4.69) is 21.7 Å². The van der Waals surface area contributed by atoms with E-state index in [1.807, 2.05) is 19.1 Å². The molecule has 1 fully saturated rings. The molecule has 1 aliphatic carbocycles. The van der Waals surface area contributed by atoms with Crippen LogP contribution in [0.15, 0.2) is 23.2 Å². The fourth-order valence-corrected chi connectivity index (χ4v) is 2.93. The van der Waals surface area contributed by atoms with E-state index in [4.69, 9.17) is 14.2 Å². The molecule has 0 radical (unpaired) electrons. The molecule has 0 saturated heterocycles. The van der Waals surface area contributed by atoms with Gasteiger partial charge in [0, 0.05) is 25.8 Å². The van der Waals surface area contributed by atoms with Gasteiger partial charge >= 0.3 is 0 Å². The van der Waals surface area contributed by atoms with Crippen molar-refractivity contribution in [3.05, 3.63) is 23.8 Å². The summed E-state index contributed by atoms with van der Waals surface area (Å²) in [5.41, 5.74) is 1.04. The third kappa shape index (κ3) is 6.12. The van der Waals surface area contributed by atoms with E-state index in [9.17, 15) is 0 Å². The maximum Gasteiger partial charge on any atom is 0.191 e. The van der Waals surface area contributed by atoms with Gasteiger partial charge in [0.05, 0.1) is 26.4 Å². The van der Waals surface area contributed by atoms with Crippen molar-refractivity contribution in [2.75, 3.05) is 33.9 Å². The quantitative estimate of drug-likeness (QED) is 0.408. The predicted octanol–water partition coefficient (Wildman–Crippen LogP) is 2.72. The Labute approximate surface area is 151 Å². The molecule has 25 heavy (non-hydrogen) atoms. The minimum Gasteiger partial charge on any atom is -0.493 e. The zero-order valence-electron chi connectivity index (χ0n) is 15.6. The molecule has 0 aromatic heterocycles. The topological polar surface area (TPSA) is 64.1 Å². The van der Waals surface area contributed by atoms with Crippen LogP contribution in [0.25, 0.3) is 0 Å². The number of methoxy groups -OCH3 is 2. The highest BCUT2D eigenvalue weighted by Crippen LogP contribution is 2.35. The molecule has 0 amide bonds. The largest absolute Gasteiger partial charge is 0.493 e. The molecule has 6 nitrogen and oxygen atoms in total. The Hall–Kier alpha value is -1.95. The summed E-state index contributed by atoms with van der Waals surface area (Å²) in [6.07, 6.45) is 4.99. The zero-order valence-corrected chi connectivity index (χ0v) is 15.6. The van der Waals surface area contributed by atoms with E-state index < -0.39 is 0 Å². The van der Waals surface area contributed by atoms with Gasteiger partial charge in [0.2, 0.25) is 0 Å². The van der Waals surface area contributed by atoms with E-state index in [0.717, 1.165) is 42.4 Å². The second-order valence-electron chi connectivity index (χ2n) is 6.09. The minimum absolute atomic E-state index is 0.284. The molecule has 2 N–H and O–H groups in total. The van der Waals surface area contributed by atoms with Gasteiger partial charge in [0.25, 0.3) is 0 Å². The Morgan fingerprint density at radius 1 is 1.20 bits per heavy atom. The summed E-state index contributed by atoms with van der Waals surface area (Å²) in [7, 11) is 3.37. The Morgan fingerprint density at radius 3 is 2.68 bits per heavy atom. The van der Waals surface area contributed by atoms with Gasteiger partial charge in [-0.15, -0.1) is 0 Å². The average Bonchev–Trinajstić information content (AvgIpc) is 3.14. The van der Waals surface area contributed by atoms with Crippen LogP contribution < -0.4 is 20.1 Å². The van der Waals surface area contributed by atoms with Crippen LogP contribution >= 0.6 is 0 Å². The van der Waals surface area contributed by atoms with Gasteiger partial charge in [-0.3, -0.25) is 0 Å². The lowest BCUT2D eigenvalue weighted by Crippen LogP contribution is -2.38. The van der Waals surface area contributed by atoms with Crippen LogP contribution in [0.2, 0.25) is 0 Å². The molecule has 0 bridgehead atoms. The first-order valence-electron chi connectivity index (χ1n) is 9.12. The Kier molecular flexibility index (Phi) is 8.39. The molecule has 0 atom stereocenters. The van der Waals surface area contributed by atoms with Gasteiger partial charge < -0.3 is 24.8 Å². The molecule has 1 aliphatic rings. The number of benzene rings is 1. The Balaban J connectivity index is 2.11. The first kappa shape index (κ1) is 19.4. The highest BCUT2D eigenvalue weighted by atomic mass is 16.5. The van der Waals surface area contributed by atoms with Gasteiger partial charge in [0.15, 0.2) is 17.5 Å². The number of guanidine groups is 1. The highest BCUT2D eigenvalue weighted by Gasteiger charge is 2.20. The number of aliphatic imine (C=N–C) groups is 1. The van der Waals surface area contributed by atoms with Crippen LogP contribution in [-0.2, 0) is 11.3 Å². The summed E-state index contributed by atoms with van der Waals surface area (Å²) in [5.74, 6) is 2.37. The summed E-state index contributed by atoms with van der Waals surface area (Å²) < 4.78 is 16.8. The van der Waals surface area contributed by atoms with E-state index in [-0.39, 0.29) is 6.10 Å². The summed E-state index contributed by atoms with van der Waals surface area (Å²) in [6, 6.07) is 5.98. The van der Waals surface area contributed by atoms with Crippen molar-refractivity contribution >= 4 is 5.96 Å². The molecule has 0 unspecified atom stereocenters. The SMILES string of the molecule is CCNC(=NCc1cccc(OC)c1OC1CCCC1)NCCOC. The maximum atomic E-state index is 6.26. The fourth-order valence-electron chi connectivity index (χ4n) is 2.93. The number of ether oxygens (including phenoxy) is 3. The molecule has 0 spiro atoms. The molecule has 0 heterocycles. The van der Waals surface area contributed by atoms with Crippen LogP contribution in [0, 0.1) is 0 Å². The number of rotatable bonds is 9. The van der Waals surface area contributed by atoms with Gasteiger partial charge in [-0.2, -0.15) is 0 Å². The summed E-state index contributed by atoms with van der Waals surface area (Å²) >= 11 is 0. The normalized spacial score (nSPS) is 15.2. The Morgan fingerprint density at radius 2 is 2.00 bits per heavy atom. The third-order valence-corrected chi connectivity index (χ3v) is 4.22. The average molecular weight is 349 g/mol. The standard InChI is InChI=1S/C19H31N3O3/c1-4-20-19(21-12-13-23-2)22-14-15-8-7-11-17(24-3)18(15)25-16-9-5-6-10-16/h7-8,11,16H,4-6,9-10,12-14H2,1-3H3,(H2,20,21,22). The summed E-state index contributed by atoms with van der Waals surface area (Å²) in [6.45, 7) is 4.74. The van der Waals surface area contributed by atoms with E-state index in [1.165, 1.54) is 12.8 Å². The van der Waals surface area contributed by atoms with Crippen molar-refractivity contribution < 1.29 is 14.2 Å². The third-order valence-electron chi connectivity index (χ3n) is 4.22. The van der Waals surface area contributed by atoms with E-state index in [1.54, 1.807) is 14.2 Å². The van der Waals surface area contributed by atoms with Crippen molar-refractivity contribution in [3.63, 3.8) is 0 Å². The predicted molar refractivity (Wildman–Crippen MR) is 101 cm³/mol. The van der Waals surface area contributed by atoms with E-state index in [0.29, 0.717) is 19.7 Å². The molecule has 2 rings (SSSR count). The van der Waals surface area contributed by atoms with Crippen molar-refractivity contribution in [1.82, 2.24) is 10.6 Å². The second-order valence-corrected chi connectivity index (χ2v) is 6.09. The molecule has 6 heteroatoms. The zero-order chi connectivity index (χ0) is 17.9. The number of hydrogen-bond donors (Lipinski definition) is 2. The Bertz CT molecular complexity index is 543. The molecule has 1 aromatic carbocycles. The van der Waals surface area contributed by atoms with Crippen molar-refractivity contribution in [2.45, 2.75) is 45.3 Å². The van der Waals surface area contributed by atoms with Gasteiger partial charge in [-0.1, -0.05) is 12.1 Å². The van der Waals surface area contributed by atoms with Gasteiger partial charge in [0.1, 0.15) is 0 Å². The van der Waals surface area contributed by atoms with Gasteiger partial charge in [-0.25, -0.2) is 4.99 Å². The van der Waals surface area contributed by atoms with Gasteiger partial charge in [-0.05, 0) is 38.7 Å². The first-order valence-corrected chi connectivity index (χ1v) is 9.12. The molecular formula is C19H31N3O3. The molecule has 140 valence electrons. The second kappa shape index (κ2) is 10.8. The molecular weight excluding hydrogens is 318 g/mol. The smallest absolute Gasteiger partial charge is 0.191 e. The van der Waals surface area contributed by atoms with Crippen molar-refractivity contribution in [3.8, 4) is 11.5 Å². The minimum atomic E-state index is 0.284. The van der Waals surface area contributed by atoms with Crippen molar-refractivity contribution in [2.24, 2.45) is 4.99 Å². The monoisotopic (exact) mass is 349 g/mol. The lowest BCUT2D eigenvalue weighted by atomic mass is 10.1. The van der Waals surface area contributed by atoms with Crippen LogP contribution in [-0.4, -0.2) is 46.0 Å². The van der Waals surface area contributed by atoms with Crippen LogP contribution in [0.5, 0.6) is 11.5 Å². The van der Waals surface area contributed by atoms with Crippen LogP contribution in [0.3, 0.4) is 0 Å². The molecule has 1 saturated carbocycles. The lowest BCUT2D eigenvalue weighted by Gasteiger charge is -2.19.